The zero-order valence-corrected chi connectivity index (χ0v) is 13.0. The number of aromatic nitrogens is 2. The third kappa shape index (κ3) is 1.72. The van der Waals surface area contributed by atoms with Crippen LogP contribution in [0.4, 0.5) is 0 Å². The van der Waals surface area contributed by atoms with Crippen molar-refractivity contribution >= 4 is 23.3 Å². The molecule has 0 spiro atoms. The first-order valence-electron chi connectivity index (χ1n) is 7.85. The van der Waals surface area contributed by atoms with E-state index in [2.05, 4.69) is 41.6 Å². The Balaban J connectivity index is 1.82. The van der Waals surface area contributed by atoms with Crippen molar-refractivity contribution in [2.24, 2.45) is 17.8 Å². The van der Waals surface area contributed by atoms with E-state index in [-0.39, 0.29) is 0 Å². The molecule has 0 aliphatic heterocycles. The first-order chi connectivity index (χ1) is 9.65. The fraction of sp³-hybridized carbons (Fsp3) is 0.588. The third-order valence-corrected chi connectivity index (χ3v) is 6.06. The monoisotopic (exact) mass is 286 g/mol. The number of para-hydroxylation sites is 1. The summed E-state index contributed by atoms with van der Waals surface area (Å²) >= 11 is 5.62. The second-order valence-electron chi connectivity index (χ2n) is 6.85. The molecule has 2 saturated carbocycles. The summed E-state index contributed by atoms with van der Waals surface area (Å²) in [5, 5.41) is 0. The topological polar surface area (TPSA) is 20.7 Å². The lowest BCUT2D eigenvalue weighted by molar-refractivity contribution is 0.245. The Bertz CT molecular complexity index is 711. The molecule has 1 heterocycles. The molecular weight excluding hydrogens is 264 g/mol. The van der Waals surface area contributed by atoms with E-state index >= 15 is 0 Å². The van der Waals surface area contributed by atoms with Crippen molar-refractivity contribution < 1.29 is 0 Å². The van der Waals surface area contributed by atoms with Gasteiger partial charge in [0.15, 0.2) is 4.77 Å². The molecule has 0 amide bonds. The number of hydrogen-bond acceptors (Lipinski definition) is 1. The van der Waals surface area contributed by atoms with Crippen molar-refractivity contribution in [1.82, 2.24) is 9.55 Å². The predicted molar refractivity (Wildman–Crippen MR) is 85.5 cm³/mol. The molecule has 2 fully saturated rings. The van der Waals surface area contributed by atoms with E-state index in [1.165, 1.54) is 42.3 Å². The maximum Gasteiger partial charge on any atom is 0.178 e. The van der Waals surface area contributed by atoms with E-state index in [4.69, 9.17) is 12.2 Å². The lowest BCUT2D eigenvalue weighted by Crippen LogP contribution is -2.22. The van der Waals surface area contributed by atoms with Crippen LogP contribution in [0.15, 0.2) is 18.2 Å². The van der Waals surface area contributed by atoms with Gasteiger partial charge in [-0.25, -0.2) is 0 Å². The van der Waals surface area contributed by atoms with E-state index in [1.54, 1.807) is 0 Å². The van der Waals surface area contributed by atoms with Crippen LogP contribution in [0, 0.1) is 29.4 Å². The average Bonchev–Trinajstić information content (AvgIpc) is 3.11. The number of H-pyrrole nitrogens is 1. The zero-order chi connectivity index (χ0) is 13.9. The molecule has 2 nitrogen and oxygen atoms in total. The maximum atomic E-state index is 5.62. The summed E-state index contributed by atoms with van der Waals surface area (Å²) in [4.78, 5) is 3.39. The lowest BCUT2D eigenvalue weighted by Gasteiger charge is -2.29. The standard InChI is InChI=1S/C17H22N2S/c1-10-4-3-5-15-16(10)19(17(20)18-15)11(2)14-9-12-6-7-13(14)8-12/h3-5,11-14H,6-9H2,1-2H3,(H,18,20). The molecule has 2 aliphatic rings. The van der Waals surface area contributed by atoms with Crippen LogP contribution in [0.1, 0.15) is 44.2 Å². The Morgan fingerprint density at radius 1 is 1.30 bits per heavy atom. The molecule has 0 saturated heterocycles. The predicted octanol–water partition coefficient (Wildman–Crippen LogP) is 5.00. The number of aromatic amines is 1. The van der Waals surface area contributed by atoms with Gasteiger partial charge in [0.05, 0.1) is 11.0 Å². The number of hydrogen-bond donors (Lipinski definition) is 1. The van der Waals surface area contributed by atoms with Gasteiger partial charge >= 0.3 is 0 Å². The summed E-state index contributed by atoms with van der Waals surface area (Å²) in [6.45, 7) is 4.57. The van der Waals surface area contributed by atoms with Crippen molar-refractivity contribution in [2.45, 2.75) is 45.6 Å². The number of nitrogens with zero attached hydrogens (tertiary/aromatic N) is 1. The van der Waals surface area contributed by atoms with Gasteiger partial charge < -0.3 is 9.55 Å². The summed E-state index contributed by atoms with van der Waals surface area (Å²) in [6.07, 6.45) is 5.77. The molecule has 20 heavy (non-hydrogen) atoms. The number of aryl methyl sites for hydroxylation is 1. The highest BCUT2D eigenvalue weighted by Gasteiger charge is 2.42. The maximum absolute atomic E-state index is 5.62. The minimum atomic E-state index is 0.521. The van der Waals surface area contributed by atoms with Gasteiger partial charge in [0, 0.05) is 6.04 Å². The molecule has 3 heteroatoms. The van der Waals surface area contributed by atoms with Gasteiger partial charge in [-0.2, -0.15) is 0 Å². The van der Waals surface area contributed by atoms with Crippen LogP contribution in [-0.2, 0) is 0 Å². The van der Waals surface area contributed by atoms with Crippen molar-refractivity contribution in [3.8, 4) is 0 Å². The van der Waals surface area contributed by atoms with Gasteiger partial charge in [-0.3, -0.25) is 0 Å². The first-order valence-corrected chi connectivity index (χ1v) is 8.26. The SMILES string of the molecule is Cc1cccc2[nH]c(=S)n(C(C)C3CC4CCC3C4)c12. The number of fused-ring (bicyclic) bond motifs is 3. The molecule has 2 aliphatic carbocycles. The highest BCUT2D eigenvalue weighted by Crippen LogP contribution is 2.52. The normalized spacial score (nSPS) is 30.2. The van der Waals surface area contributed by atoms with E-state index in [0.717, 1.165) is 22.5 Å². The average molecular weight is 286 g/mol. The quantitative estimate of drug-likeness (QED) is 0.770. The molecule has 106 valence electrons. The highest BCUT2D eigenvalue weighted by molar-refractivity contribution is 7.71. The van der Waals surface area contributed by atoms with Gasteiger partial charge in [0.2, 0.25) is 0 Å². The van der Waals surface area contributed by atoms with Crippen LogP contribution in [0.2, 0.25) is 0 Å². The first kappa shape index (κ1) is 12.6. The van der Waals surface area contributed by atoms with E-state index in [0.29, 0.717) is 6.04 Å². The third-order valence-electron chi connectivity index (χ3n) is 5.76. The van der Waals surface area contributed by atoms with Gasteiger partial charge in [-0.15, -0.1) is 0 Å². The summed E-state index contributed by atoms with van der Waals surface area (Å²) in [5.41, 5.74) is 3.82. The highest BCUT2D eigenvalue weighted by atomic mass is 32.1. The van der Waals surface area contributed by atoms with Gasteiger partial charge in [0.25, 0.3) is 0 Å². The minimum Gasteiger partial charge on any atom is -0.331 e. The smallest absolute Gasteiger partial charge is 0.178 e. The second kappa shape index (κ2) is 4.45. The van der Waals surface area contributed by atoms with E-state index in [1.807, 2.05) is 0 Å². The molecule has 4 rings (SSSR count). The molecule has 4 unspecified atom stereocenters. The van der Waals surface area contributed by atoms with E-state index in [9.17, 15) is 0 Å². The van der Waals surface area contributed by atoms with Crippen molar-refractivity contribution in [3.05, 3.63) is 28.5 Å². The molecule has 2 bridgehead atoms. The van der Waals surface area contributed by atoms with Crippen molar-refractivity contribution in [1.29, 1.82) is 0 Å². The molecular formula is C17H22N2S. The Kier molecular flexibility index (Phi) is 2.81. The van der Waals surface area contributed by atoms with Crippen LogP contribution < -0.4 is 0 Å². The summed E-state index contributed by atoms with van der Waals surface area (Å²) in [6, 6.07) is 6.96. The lowest BCUT2D eigenvalue weighted by atomic mass is 9.84. The van der Waals surface area contributed by atoms with Crippen LogP contribution in [-0.4, -0.2) is 9.55 Å². The molecule has 4 atom stereocenters. The van der Waals surface area contributed by atoms with Crippen molar-refractivity contribution in [2.75, 3.05) is 0 Å². The second-order valence-corrected chi connectivity index (χ2v) is 7.24. The Morgan fingerprint density at radius 3 is 2.85 bits per heavy atom. The molecule has 1 N–H and O–H groups in total. The number of imidazole rings is 1. The van der Waals surface area contributed by atoms with Gasteiger partial charge in [-0.05, 0) is 74.7 Å². The van der Waals surface area contributed by atoms with Crippen LogP contribution in [0.5, 0.6) is 0 Å². The molecule has 1 aromatic heterocycles. The Hall–Kier alpha value is -1.09. The fourth-order valence-electron chi connectivity index (χ4n) is 4.82. The minimum absolute atomic E-state index is 0.521. The summed E-state index contributed by atoms with van der Waals surface area (Å²) in [7, 11) is 0. The van der Waals surface area contributed by atoms with Crippen LogP contribution in [0.25, 0.3) is 11.0 Å². The number of rotatable bonds is 2. The van der Waals surface area contributed by atoms with Crippen LogP contribution in [0.3, 0.4) is 0 Å². The van der Waals surface area contributed by atoms with E-state index < -0.39 is 0 Å². The Morgan fingerprint density at radius 2 is 2.15 bits per heavy atom. The molecule has 2 aromatic rings. The summed E-state index contributed by atoms with van der Waals surface area (Å²) in [5.74, 6) is 2.75. The fourth-order valence-corrected chi connectivity index (χ4v) is 5.19. The largest absolute Gasteiger partial charge is 0.331 e. The molecule has 0 radical (unpaired) electrons. The molecule has 1 aromatic carbocycles. The summed E-state index contributed by atoms with van der Waals surface area (Å²) < 4.78 is 3.29. The van der Waals surface area contributed by atoms with Crippen molar-refractivity contribution in [3.63, 3.8) is 0 Å². The van der Waals surface area contributed by atoms with Crippen LogP contribution >= 0.6 is 12.2 Å². The number of benzene rings is 1. The van der Waals surface area contributed by atoms with Gasteiger partial charge in [-0.1, -0.05) is 18.6 Å². The zero-order valence-electron chi connectivity index (χ0n) is 12.2. The number of nitrogens with one attached hydrogen (secondary N) is 1. The van der Waals surface area contributed by atoms with Gasteiger partial charge in [0.1, 0.15) is 0 Å². The Labute approximate surface area is 125 Å².